The number of rotatable bonds is 5. The zero-order valence-corrected chi connectivity index (χ0v) is 26.7. The minimum absolute atomic E-state index is 0.511. The van der Waals surface area contributed by atoms with Crippen molar-refractivity contribution in [3.05, 3.63) is 164 Å². The molecule has 0 saturated heterocycles. The van der Waals surface area contributed by atoms with E-state index >= 15 is 0 Å². The summed E-state index contributed by atoms with van der Waals surface area (Å²) in [6, 6.07) is 54.0. The first-order chi connectivity index (χ1) is 24.8. The SMILES string of the molecule is c1ccc(-c2cccc(-c3nc(-c4ccc5c(c4)oc4cc6c(cc45)c4ccccc4n6-c4ccccc4)nc(-c4ccccn4)n3)c2)cc1. The fraction of sp³-hybridized carbons (Fsp3) is 0. The molecule has 0 saturated carbocycles. The molecule has 234 valence electrons. The lowest BCUT2D eigenvalue weighted by Gasteiger charge is -2.09. The summed E-state index contributed by atoms with van der Waals surface area (Å²) < 4.78 is 8.91. The Balaban J connectivity index is 1.14. The molecule has 0 aliphatic heterocycles. The van der Waals surface area contributed by atoms with Crippen LogP contribution in [0.5, 0.6) is 0 Å². The second kappa shape index (κ2) is 11.4. The van der Waals surface area contributed by atoms with Crippen molar-refractivity contribution >= 4 is 43.7 Å². The molecule has 0 amide bonds. The summed E-state index contributed by atoms with van der Waals surface area (Å²) >= 11 is 0. The Morgan fingerprint density at radius 3 is 1.90 bits per heavy atom. The first kappa shape index (κ1) is 28.1. The summed E-state index contributed by atoms with van der Waals surface area (Å²) in [5, 5.41) is 4.49. The van der Waals surface area contributed by atoms with Crippen molar-refractivity contribution in [2.24, 2.45) is 0 Å². The largest absolute Gasteiger partial charge is 0.456 e. The quantitative estimate of drug-likeness (QED) is 0.187. The van der Waals surface area contributed by atoms with E-state index in [1.165, 1.54) is 10.8 Å². The number of para-hydroxylation sites is 2. The van der Waals surface area contributed by atoms with E-state index < -0.39 is 0 Å². The summed E-state index contributed by atoms with van der Waals surface area (Å²) in [6.07, 6.45) is 1.75. The molecule has 10 rings (SSSR count). The molecule has 0 bridgehead atoms. The predicted molar refractivity (Wildman–Crippen MR) is 201 cm³/mol. The number of fused-ring (bicyclic) bond motifs is 6. The molecule has 0 unspecified atom stereocenters. The van der Waals surface area contributed by atoms with Crippen molar-refractivity contribution in [1.29, 1.82) is 0 Å². The van der Waals surface area contributed by atoms with Gasteiger partial charge in [0.1, 0.15) is 16.9 Å². The molecular weight excluding hydrogens is 615 g/mol. The van der Waals surface area contributed by atoms with E-state index in [0.29, 0.717) is 23.2 Å². The molecule has 0 atom stereocenters. The van der Waals surface area contributed by atoms with Crippen molar-refractivity contribution in [3.8, 4) is 51.1 Å². The average molecular weight is 642 g/mol. The van der Waals surface area contributed by atoms with Gasteiger partial charge in [-0.25, -0.2) is 15.0 Å². The maximum Gasteiger partial charge on any atom is 0.182 e. The second-order valence-electron chi connectivity index (χ2n) is 12.3. The van der Waals surface area contributed by atoms with Gasteiger partial charge < -0.3 is 8.98 Å². The van der Waals surface area contributed by atoms with Crippen LogP contribution < -0.4 is 0 Å². The van der Waals surface area contributed by atoms with E-state index in [4.69, 9.17) is 19.4 Å². The number of hydrogen-bond acceptors (Lipinski definition) is 5. The first-order valence-corrected chi connectivity index (χ1v) is 16.6. The molecule has 50 heavy (non-hydrogen) atoms. The van der Waals surface area contributed by atoms with Gasteiger partial charge in [-0.1, -0.05) is 97.1 Å². The Hall–Kier alpha value is -6.92. The fourth-order valence-corrected chi connectivity index (χ4v) is 6.95. The van der Waals surface area contributed by atoms with Crippen molar-refractivity contribution in [1.82, 2.24) is 24.5 Å². The van der Waals surface area contributed by atoms with Crippen LogP contribution in [0, 0.1) is 0 Å². The van der Waals surface area contributed by atoms with Crippen LogP contribution in [-0.2, 0) is 0 Å². The number of nitrogens with zero attached hydrogens (tertiary/aromatic N) is 5. The number of aromatic nitrogens is 5. The first-order valence-electron chi connectivity index (χ1n) is 16.6. The maximum absolute atomic E-state index is 6.61. The van der Waals surface area contributed by atoms with Gasteiger partial charge in [0, 0.05) is 50.6 Å². The van der Waals surface area contributed by atoms with E-state index in [9.17, 15) is 0 Å². The lowest BCUT2D eigenvalue weighted by molar-refractivity contribution is 0.669. The van der Waals surface area contributed by atoms with Crippen molar-refractivity contribution in [3.63, 3.8) is 0 Å². The van der Waals surface area contributed by atoms with Gasteiger partial charge in [0.2, 0.25) is 0 Å². The highest BCUT2D eigenvalue weighted by molar-refractivity contribution is 6.17. The molecule has 6 heteroatoms. The molecule has 6 nitrogen and oxygen atoms in total. The zero-order valence-electron chi connectivity index (χ0n) is 26.7. The Morgan fingerprint density at radius 1 is 0.400 bits per heavy atom. The third kappa shape index (κ3) is 4.65. The van der Waals surface area contributed by atoms with E-state index in [2.05, 4.69) is 107 Å². The van der Waals surface area contributed by atoms with Gasteiger partial charge in [0.05, 0.1) is 11.0 Å². The molecule has 0 aliphatic carbocycles. The van der Waals surface area contributed by atoms with Crippen LogP contribution >= 0.6 is 0 Å². The van der Waals surface area contributed by atoms with Gasteiger partial charge in [-0.05, 0) is 65.7 Å². The Kier molecular flexibility index (Phi) is 6.39. The topological polar surface area (TPSA) is 69.6 Å². The molecule has 6 aromatic carbocycles. The highest BCUT2D eigenvalue weighted by Gasteiger charge is 2.18. The molecule has 0 fully saturated rings. The molecule has 4 heterocycles. The smallest absolute Gasteiger partial charge is 0.182 e. The number of pyridine rings is 1. The standard InChI is InChI=1S/C44H27N5O/c1-3-12-28(13-4-1)29-14-11-15-30(24-29)42-46-43(48-44(47-42)37-19-9-10-23-45-37)31-21-22-34-36-26-35-33-18-7-8-20-38(33)49(32-16-5-2-6-17-32)39(35)27-41(36)50-40(34)25-31/h1-27H. The monoisotopic (exact) mass is 641 g/mol. The minimum Gasteiger partial charge on any atom is -0.456 e. The maximum atomic E-state index is 6.61. The lowest BCUT2D eigenvalue weighted by atomic mass is 10.0. The third-order valence-electron chi connectivity index (χ3n) is 9.30. The number of hydrogen-bond donors (Lipinski definition) is 0. The van der Waals surface area contributed by atoms with Crippen LogP contribution in [0.3, 0.4) is 0 Å². The molecule has 4 aromatic heterocycles. The number of furan rings is 1. The third-order valence-corrected chi connectivity index (χ3v) is 9.30. The van der Waals surface area contributed by atoms with Gasteiger partial charge in [-0.2, -0.15) is 0 Å². The minimum atomic E-state index is 0.511. The second-order valence-corrected chi connectivity index (χ2v) is 12.3. The Bertz CT molecular complexity index is 2860. The van der Waals surface area contributed by atoms with E-state index in [0.717, 1.165) is 60.9 Å². The van der Waals surface area contributed by atoms with Crippen molar-refractivity contribution in [2.45, 2.75) is 0 Å². The van der Waals surface area contributed by atoms with Crippen LogP contribution in [0.1, 0.15) is 0 Å². The van der Waals surface area contributed by atoms with Crippen LogP contribution in [0.2, 0.25) is 0 Å². The highest BCUT2D eigenvalue weighted by Crippen LogP contribution is 2.39. The molecule has 0 aliphatic rings. The van der Waals surface area contributed by atoms with Crippen molar-refractivity contribution < 1.29 is 4.42 Å². The zero-order chi connectivity index (χ0) is 33.0. The Morgan fingerprint density at radius 2 is 1.08 bits per heavy atom. The highest BCUT2D eigenvalue weighted by atomic mass is 16.3. The number of benzene rings is 6. The van der Waals surface area contributed by atoms with Gasteiger partial charge >= 0.3 is 0 Å². The summed E-state index contributed by atoms with van der Waals surface area (Å²) in [4.78, 5) is 19.4. The van der Waals surface area contributed by atoms with E-state index in [1.807, 2.05) is 60.7 Å². The fourth-order valence-electron chi connectivity index (χ4n) is 6.95. The molecule has 0 spiro atoms. The summed E-state index contributed by atoms with van der Waals surface area (Å²) in [5.74, 6) is 1.64. The molecule has 10 aromatic rings. The van der Waals surface area contributed by atoms with Gasteiger partial charge in [0.15, 0.2) is 17.5 Å². The summed E-state index contributed by atoms with van der Waals surface area (Å²) in [6.45, 7) is 0. The summed E-state index contributed by atoms with van der Waals surface area (Å²) in [7, 11) is 0. The predicted octanol–water partition coefficient (Wildman–Crippen LogP) is 10.9. The van der Waals surface area contributed by atoms with E-state index in [-0.39, 0.29) is 0 Å². The van der Waals surface area contributed by atoms with Gasteiger partial charge in [-0.3, -0.25) is 4.98 Å². The van der Waals surface area contributed by atoms with Crippen LogP contribution in [0.25, 0.3) is 94.9 Å². The van der Waals surface area contributed by atoms with E-state index in [1.54, 1.807) is 6.20 Å². The van der Waals surface area contributed by atoms with Gasteiger partial charge in [0.25, 0.3) is 0 Å². The summed E-state index contributed by atoms with van der Waals surface area (Å²) in [5.41, 5.74) is 9.61. The van der Waals surface area contributed by atoms with Crippen molar-refractivity contribution in [2.75, 3.05) is 0 Å². The molecular formula is C44H27N5O. The van der Waals surface area contributed by atoms with Gasteiger partial charge in [-0.15, -0.1) is 0 Å². The van der Waals surface area contributed by atoms with Crippen LogP contribution in [0.4, 0.5) is 0 Å². The molecule has 0 radical (unpaired) electrons. The molecule has 0 N–H and O–H groups in total. The normalized spacial score (nSPS) is 11.6. The van der Waals surface area contributed by atoms with Crippen LogP contribution in [-0.4, -0.2) is 24.5 Å². The van der Waals surface area contributed by atoms with Crippen LogP contribution in [0.15, 0.2) is 168 Å². The average Bonchev–Trinajstić information content (AvgIpc) is 3.72. The lowest BCUT2D eigenvalue weighted by Crippen LogP contribution is -2.01. The Labute approximate surface area is 287 Å².